The number of fused-ring (bicyclic) bond motifs is 7. The maximum absolute atomic E-state index is 6.70. The summed E-state index contributed by atoms with van der Waals surface area (Å²) in [6.45, 7) is 4.80. The molecule has 10 rings (SSSR count). The van der Waals surface area contributed by atoms with Crippen molar-refractivity contribution in [3.8, 4) is 33.4 Å². The number of nitrogens with zero attached hydrogens (tertiary/aromatic N) is 1. The van der Waals surface area contributed by atoms with E-state index in [4.69, 9.17) is 10.7 Å². The van der Waals surface area contributed by atoms with Gasteiger partial charge in [-0.15, -0.1) is 0 Å². The molecule has 0 atom stereocenters. The average Bonchev–Trinajstić information content (AvgIpc) is 3.51. The molecule has 0 saturated heterocycles. The van der Waals surface area contributed by atoms with Gasteiger partial charge in [-0.05, 0) is 88.8 Å². The van der Waals surface area contributed by atoms with E-state index in [1.165, 1.54) is 77.0 Å². The molecule has 0 spiro atoms. The number of hydrogen-bond acceptors (Lipinski definition) is 1. The van der Waals surface area contributed by atoms with Gasteiger partial charge in [-0.2, -0.15) is 0 Å². The van der Waals surface area contributed by atoms with Gasteiger partial charge in [0, 0.05) is 16.5 Å². The zero-order valence-electron chi connectivity index (χ0n) is 32.2. The molecule has 0 aromatic heterocycles. The summed E-state index contributed by atoms with van der Waals surface area (Å²) in [4.78, 5) is 5.11. The first-order valence-electron chi connectivity index (χ1n) is 19.8. The maximum Gasteiger partial charge on any atom is 0.131 e. The largest absolute Gasteiger partial charge is 0.383 e. The van der Waals surface area contributed by atoms with Crippen molar-refractivity contribution in [2.24, 2.45) is 10.7 Å². The monoisotopic (exact) mass is 730 g/mol. The molecule has 0 radical (unpaired) electrons. The molecule has 2 N–H and O–H groups in total. The Morgan fingerprint density at radius 2 is 0.947 bits per heavy atom. The molecule has 9 aromatic rings. The van der Waals surface area contributed by atoms with Crippen molar-refractivity contribution in [3.63, 3.8) is 0 Å². The van der Waals surface area contributed by atoms with Crippen molar-refractivity contribution in [2.45, 2.75) is 25.7 Å². The molecule has 272 valence electrons. The van der Waals surface area contributed by atoms with Gasteiger partial charge in [-0.25, -0.2) is 4.99 Å². The highest BCUT2D eigenvalue weighted by molar-refractivity contribution is 6.13. The summed E-state index contributed by atoms with van der Waals surface area (Å²) in [5.41, 5.74) is 21.0. The molecule has 0 aliphatic heterocycles. The van der Waals surface area contributed by atoms with Crippen LogP contribution in [0.1, 0.15) is 41.7 Å². The van der Waals surface area contributed by atoms with E-state index < -0.39 is 0 Å². The standard InChI is InChI=1S/C55H42N2/c1-55(2)52-39-21-10-9-18-37(39)29-30-50(52)49-27-15-26-48(53(49)55)46-32-31-44(40-22-11-12-23-41(40)46)45-33-34-47(43-25-14-13-24-42(43)45)51(35-28-36-16-5-3-6-17-36)57-54(56)38-19-7-4-8-20-38/h3-27,29-35H,28H2,1-2H3,(H2,56,57)/b51-35-. The van der Waals surface area contributed by atoms with E-state index in [1.54, 1.807) is 0 Å². The van der Waals surface area contributed by atoms with E-state index in [9.17, 15) is 0 Å². The number of amidine groups is 1. The summed E-state index contributed by atoms with van der Waals surface area (Å²) < 4.78 is 0. The van der Waals surface area contributed by atoms with Crippen LogP contribution < -0.4 is 5.73 Å². The van der Waals surface area contributed by atoms with E-state index >= 15 is 0 Å². The van der Waals surface area contributed by atoms with E-state index in [-0.39, 0.29) is 5.41 Å². The van der Waals surface area contributed by atoms with E-state index in [0.717, 1.165) is 28.6 Å². The van der Waals surface area contributed by atoms with Crippen LogP contribution in [-0.4, -0.2) is 5.84 Å². The van der Waals surface area contributed by atoms with Gasteiger partial charge in [-0.1, -0.05) is 208 Å². The van der Waals surface area contributed by atoms with Crippen molar-refractivity contribution in [3.05, 3.63) is 222 Å². The van der Waals surface area contributed by atoms with Gasteiger partial charge in [0.25, 0.3) is 0 Å². The zero-order chi connectivity index (χ0) is 38.5. The Morgan fingerprint density at radius 3 is 1.63 bits per heavy atom. The first-order chi connectivity index (χ1) is 28.0. The molecule has 0 heterocycles. The highest BCUT2D eigenvalue weighted by atomic mass is 14.9. The topological polar surface area (TPSA) is 38.4 Å². The molecule has 2 heteroatoms. The summed E-state index contributed by atoms with van der Waals surface area (Å²) in [5, 5.41) is 7.42. The lowest BCUT2D eigenvalue weighted by molar-refractivity contribution is 0.668. The van der Waals surface area contributed by atoms with Crippen LogP contribution in [0.2, 0.25) is 0 Å². The second kappa shape index (κ2) is 13.9. The molecule has 0 amide bonds. The lowest BCUT2D eigenvalue weighted by Gasteiger charge is -2.26. The van der Waals surface area contributed by atoms with Crippen molar-refractivity contribution in [1.82, 2.24) is 0 Å². The quantitative estimate of drug-likeness (QED) is 0.129. The summed E-state index contributed by atoms with van der Waals surface area (Å²) >= 11 is 0. The molecule has 1 aliphatic rings. The van der Waals surface area contributed by atoms with Crippen molar-refractivity contribution in [1.29, 1.82) is 0 Å². The van der Waals surface area contributed by atoms with Crippen LogP contribution in [-0.2, 0) is 11.8 Å². The van der Waals surface area contributed by atoms with Crippen molar-refractivity contribution >= 4 is 43.9 Å². The van der Waals surface area contributed by atoms with E-state index in [2.05, 4.69) is 178 Å². The third-order valence-electron chi connectivity index (χ3n) is 11.9. The second-order valence-electron chi connectivity index (χ2n) is 15.6. The lowest BCUT2D eigenvalue weighted by Crippen LogP contribution is -2.17. The first kappa shape index (κ1) is 34.5. The SMILES string of the molecule is CC1(C)c2c(cccc2-c2ccc(-c3ccc(/C(=C/Cc4ccccc4)N=C(N)c4ccccc4)c4ccccc34)c3ccccc23)-c2ccc3ccccc3c21. The van der Waals surface area contributed by atoms with Crippen LogP contribution in [0.15, 0.2) is 199 Å². The fourth-order valence-corrected chi connectivity index (χ4v) is 9.34. The smallest absolute Gasteiger partial charge is 0.131 e. The van der Waals surface area contributed by atoms with Gasteiger partial charge >= 0.3 is 0 Å². The Balaban J connectivity index is 1.12. The highest BCUT2D eigenvalue weighted by Gasteiger charge is 2.39. The van der Waals surface area contributed by atoms with Gasteiger partial charge in [0.2, 0.25) is 0 Å². The highest BCUT2D eigenvalue weighted by Crippen LogP contribution is 2.55. The summed E-state index contributed by atoms with van der Waals surface area (Å²) in [6, 6.07) is 67.6. The Hall–Kier alpha value is -7.03. The Bertz CT molecular complexity index is 3060. The first-order valence-corrected chi connectivity index (χ1v) is 19.8. The molecule has 0 fully saturated rings. The molecule has 0 bridgehead atoms. The average molecular weight is 731 g/mol. The van der Waals surface area contributed by atoms with E-state index in [0.29, 0.717) is 5.84 Å². The Labute approximate surface area is 334 Å². The summed E-state index contributed by atoms with van der Waals surface area (Å²) in [5.74, 6) is 0.497. The fraction of sp³-hybridized carbons (Fsp3) is 0.0727. The van der Waals surface area contributed by atoms with Gasteiger partial charge in [-0.3, -0.25) is 0 Å². The third kappa shape index (κ3) is 5.84. The number of rotatable bonds is 7. The minimum atomic E-state index is -0.175. The molecule has 2 nitrogen and oxygen atoms in total. The van der Waals surface area contributed by atoms with Gasteiger partial charge in [0.05, 0.1) is 5.70 Å². The van der Waals surface area contributed by atoms with Gasteiger partial charge < -0.3 is 5.73 Å². The lowest BCUT2D eigenvalue weighted by atomic mass is 9.76. The number of benzene rings is 9. The van der Waals surface area contributed by atoms with Crippen LogP contribution in [0.4, 0.5) is 0 Å². The zero-order valence-corrected chi connectivity index (χ0v) is 32.2. The molecular formula is C55H42N2. The van der Waals surface area contributed by atoms with Crippen LogP contribution in [0.5, 0.6) is 0 Å². The minimum Gasteiger partial charge on any atom is -0.383 e. The molecule has 57 heavy (non-hydrogen) atoms. The van der Waals surface area contributed by atoms with Crippen molar-refractivity contribution < 1.29 is 0 Å². The summed E-state index contributed by atoms with van der Waals surface area (Å²) in [6.07, 6.45) is 2.95. The van der Waals surface area contributed by atoms with Crippen LogP contribution in [0, 0.1) is 0 Å². The van der Waals surface area contributed by atoms with Gasteiger partial charge in [0.1, 0.15) is 5.84 Å². The summed E-state index contributed by atoms with van der Waals surface area (Å²) in [7, 11) is 0. The molecule has 0 unspecified atom stereocenters. The molecule has 1 aliphatic carbocycles. The fourth-order valence-electron chi connectivity index (χ4n) is 9.34. The van der Waals surface area contributed by atoms with Crippen molar-refractivity contribution in [2.75, 3.05) is 0 Å². The predicted octanol–water partition coefficient (Wildman–Crippen LogP) is 13.8. The number of hydrogen-bond donors (Lipinski definition) is 1. The maximum atomic E-state index is 6.70. The molecule has 9 aromatic carbocycles. The molecular weight excluding hydrogens is 689 g/mol. The predicted molar refractivity (Wildman–Crippen MR) is 243 cm³/mol. The number of allylic oxidation sites excluding steroid dienone is 1. The molecule has 0 saturated carbocycles. The normalized spacial score (nSPS) is 13.6. The second-order valence-corrected chi connectivity index (χ2v) is 15.6. The number of aliphatic imine (C=N–C) groups is 1. The Kier molecular flexibility index (Phi) is 8.42. The van der Waals surface area contributed by atoms with Crippen LogP contribution in [0.25, 0.3) is 71.4 Å². The van der Waals surface area contributed by atoms with Gasteiger partial charge in [0.15, 0.2) is 0 Å². The third-order valence-corrected chi connectivity index (χ3v) is 11.9. The minimum absolute atomic E-state index is 0.175. The number of nitrogens with two attached hydrogens (primary N) is 1. The van der Waals surface area contributed by atoms with Crippen LogP contribution >= 0.6 is 0 Å². The van der Waals surface area contributed by atoms with Crippen LogP contribution in [0.3, 0.4) is 0 Å². The Morgan fingerprint density at radius 1 is 0.456 bits per heavy atom. The van der Waals surface area contributed by atoms with E-state index in [1.807, 2.05) is 30.3 Å².